The van der Waals surface area contributed by atoms with Crippen molar-refractivity contribution in [3.05, 3.63) is 35.6 Å². The molecule has 1 rings (SSSR count). The Balaban J connectivity index is 2.54. The van der Waals surface area contributed by atoms with E-state index in [1.807, 2.05) is 0 Å². The second-order valence-electron chi connectivity index (χ2n) is 4.33. The number of benzene rings is 1. The highest BCUT2D eigenvalue weighted by Crippen LogP contribution is 2.07. The molecule has 6 heteroatoms. The Morgan fingerprint density at radius 3 is 2.53 bits per heavy atom. The molecule has 0 radical (unpaired) electrons. The summed E-state index contributed by atoms with van der Waals surface area (Å²) in [6, 6.07) is 5.71. The predicted molar refractivity (Wildman–Crippen MR) is 68.1 cm³/mol. The Labute approximate surface area is 111 Å². The smallest absolute Gasteiger partial charge is 0.319 e. The Morgan fingerprint density at radius 1 is 1.26 bits per heavy atom. The molecule has 5 nitrogen and oxygen atoms in total. The molecule has 0 unspecified atom stereocenters. The lowest BCUT2D eigenvalue weighted by Crippen LogP contribution is -2.39. The van der Waals surface area contributed by atoms with Crippen LogP contribution in [0.25, 0.3) is 0 Å². The van der Waals surface area contributed by atoms with Crippen LogP contribution in [0.15, 0.2) is 24.3 Å². The minimum absolute atomic E-state index is 0.101. The zero-order valence-electron chi connectivity index (χ0n) is 11.0. The van der Waals surface area contributed by atoms with Crippen LogP contribution < -0.4 is 0 Å². The normalized spacial score (nSPS) is 10.1. The molecule has 0 atom stereocenters. The van der Waals surface area contributed by atoms with Crippen LogP contribution >= 0.6 is 0 Å². The SMILES string of the molecule is CN(CCC(=O)O)C(=O)N(C)Cc1cccc(F)c1. The maximum absolute atomic E-state index is 13.0. The highest BCUT2D eigenvalue weighted by atomic mass is 19.1. The first kappa shape index (κ1) is 14.9. The van der Waals surface area contributed by atoms with Crippen molar-refractivity contribution in [3.63, 3.8) is 0 Å². The first-order chi connectivity index (χ1) is 8.90. The third kappa shape index (κ3) is 4.95. The van der Waals surface area contributed by atoms with Gasteiger partial charge in [-0.1, -0.05) is 12.1 Å². The Morgan fingerprint density at radius 2 is 1.95 bits per heavy atom. The molecule has 104 valence electrons. The number of rotatable bonds is 5. The van der Waals surface area contributed by atoms with E-state index in [1.165, 1.54) is 29.0 Å². The maximum atomic E-state index is 13.0. The van der Waals surface area contributed by atoms with E-state index in [-0.39, 0.29) is 31.4 Å². The standard InChI is InChI=1S/C13H17FN2O3/c1-15(7-6-12(17)18)13(19)16(2)9-10-4-3-5-11(14)8-10/h3-5,8H,6-7,9H2,1-2H3,(H,17,18). The summed E-state index contributed by atoms with van der Waals surface area (Å²) < 4.78 is 13.0. The van der Waals surface area contributed by atoms with Gasteiger partial charge in [0.2, 0.25) is 0 Å². The first-order valence-electron chi connectivity index (χ1n) is 5.82. The summed E-state index contributed by atoms with van der Waals surface area (Å²) in [5.41, 5.74) is 0.683. The van der Waals surface area contributed by atoms with E-state index in [9.17, 15) is 14.0 Å². The molecule has 1 N–H and O–H groups in total. The zero-order chi connectivity index (χ0) is 14.4. The number of hydrogen-bond donors (Lipinski definition) is 1. The van der Waals surface area contributed by atoms with Crippen molar-refractivity contribution < 1.29 is 19.1 Å². The van der Waals surface area contributed by atoms with Gasteiger partial charge < -0.3 is 14.9 Å². The number of amides is 2. The summed E-state index contributed by atoms with van der Waals surface area (Å²) in [6.45, 7) is 0.412. The molecule has 0 spiro atoms. The minimum Gasteiger partial charge on any atom is -0.481 e. The molecule has 0 aromatic heterocycles. The quantitative estimate of drug-likeness (QED) is 0.885. The number of carboxylic acid groups (broad SMARTS) is 1. The highest BCUT2D eigenvalue weighted by Gasteiger charge is 2.15. The van der Waals surface area contributed by atoms with Crippen LogP contribution in [-0.4, -0.2) is 47.5 Å². The molecule has 2 amide bonds. The van der Waals surface area contributed by atoms with Crippen LogP contribution in [0.2, 0.25) is 0 Å². The third-order valence-corrected chi connectivity index (χ3v) is 2.62. The van der Waals surface area contributed by atoms with Crippen molar-refractivity contribution in [1.82, 2.24) is 9.80 Å². The molecule has 0 fully saturated rings. The number of carbonyl (C=O) groups excluding carboxylic acids is 1. The van der Waals surface area contributed by atoms with Crippen molar-refractivity contribution in [2.24, 2.45) is 0 Å². The lowest BCUT2D eigenvalue weighted by atomic mass is 10.2. The van der Waals surface area contributed by atoms with Crippen molar-refractivity contribution in [2.75, 3.05) is 20.6 Å². The molecular weight excluding hydrogens is 251 g/mol. The van der Waals surface area contributed by atoms with Crippen LogP contribution in [0.4, 0.5) is 9.18 Å². The van der Waals surface area contributed by atoms with Gasteiger partial charge in [-0.15, -0.1) is 0 Å². The Kier molecular flexibility index (Phi) is 5.29. The van der Waals surface area contributed by atoms with Gasteiger partial charge in [-0.25, -0.2) is 9.18 Å². The molecular formula is C13H17FN2O3. The van der Waals surface area contributed by atoms with E-state index in [1.54, 1.807) is 19.2 Å². The Hall–Kier alpha value is -2.11. The van der Waals surface area contributed by atoms with Crippen molar-refractivity contribution in [3.8, 4) is 0 Å². The van der Waals surface area contributed by atoms with E-state index in [4.69, 9.17) is 5.11 Å². The molecule has 0 saturated heterocycles. The fourth-order valence-corrected chi connectivity index (χ4v) is 1.63. The Bertz CT molecular complexity index is 465. The zero-order valence-corrected chi connectivity index (χ0v) is 11.0. The van der Waals surface area contributed by atoms with Gasteiger partial charge in [0.25, 0.3) is 0 Å². The number of carboxylic acids is 1. The minimum atomic E-state index is -0.951. The van der Waals surface area contributed by atoms with Gasteiger partial charge in [0.1, 0.15) is 5.82 Å². The molecule has 0 saturated carbocycles. The number of nitrogens with zero attached hydrogens (tertiary/aromatic N) is 2. The van der Waals surface area contributed by atoms with Crippen LogP contribution in [-0.2, 0) is 11.3 Å². The third-order valence-electron chi connectivity index (χ3n) is 2.62. The molecule has 0 aliphatic rings. The lowest BCUT2D eigenvalue weighted by Gasteiger charge is -2.24. The molecule has 0 heterocycles. The summed E-state index contributed by atoms with van der Waals surface area (Å²) in [4.78, 5) is 25.1. The number of carbonyl (C=O) groups is 2. The molecule has 0 aliphatic carbocycles. The van der Waals surface area contributed by atoms with Gasteiger partial charge in [-0.05, 0) is 17.7 Å². The number of hydrogen-bond acceptors (Lipinski definition) is 2. The van der Waals surface area contributed by atoms with E-state index < -0.39 is 5.97 Å². The van der Waals surface area contributed by atoms with E-state index >= 15 is 0 Å². The van der Waals surface area contributed by atoms with Gasteiger partial charge in [0.15, 0.2) is 0 Å². The molecule has 19 heavy (non-hydrogen) atoms. The summed E-state index contributed by atoms with van der Waals surface area (Å²) in [5, 5.41) is 8.56. The fourth-order valence-electron chi connectivity index (χ4n) is 1.63. The number of halogens is 1. The van der Waals surface area contributed by atoms with Crippen molar-refractivity contribution in [1.29, 1.82) is 0 Å². The second kappa shape index (κ2) is 6.72. The first-order valence-corrected chi connectivity index (χ1v) is 5.82. The second-order valence-corrected chi connectivity index (χ2v) is 4.33. The monoisotopic (exact) mass is 268 g/mol. The summed E-state index contributed by atoms with van der Waals surface area (Å²) in [6.07, 6.45) is -0.101. The summed E-state index contributed by atoms with van der Waals surface area (Å²) in [7, 11) is 3.12. The average Bonchev–Trinajstić information content (AvgIpc) is 2.34. The van der Waals surface area contributed by atoms with Crippen LogP contribution in [0.3, 0.4) is 0 Å². The number of urea groups is 1. The van der Waals surface area contributed by atoms with Crippen LogP contribution in [0, 0.1) is 5.82 Å². The predicted octanol–water partition coefficient (Wildman–Crippen LogP) is 1.78. The van der Waals surface area contributed by atoms with E-state index in [0.717, 1.165) is 0 Å². The van der Waals surface area contributed by atoms with E-state index in [0.29, 0.717) is 5.56 Å². The highest BCUT2D eigenvalue weighted by molar-refractivity contribution is 5.75. The van der Waals surface area contributed by atoms with Crippen molar-refractivity contribution in [2.45, 2.75) is 13.0 Å². The number of aliphatic carboxylic acids is 1. The van der Waals surface area contributed by atoms with E-state index in [2.05, 4.69) is 0 Å². The average molecular weight is 268 g/mol. The topological polar surface area (TPSA) is 60.9 Å². The van der Waals surface area contributed by atoms with Gasteiger partial charge in [-0.3, -0.25) is 4.79 Å². The van der Waals surface area contributed by atoms with Gasteiger partial charge in [-0.2, -0.15) is 0 Å². The molecule has 0 aliphatic heterocycles. The summed E-state index contributed by atoms with van der Waals surface area (Å²) >= 11 is 0. The van der Waals surface area contributed by atoms with Crippen LogP contribution in [0.1, 0.15) is 12.0 Å². The maximum Gasteiger partial charge on any atom is 0.319 e. The molecule has 0 bridgehead atoms. The molecule has 1 aromatic rings. The molecule has 1 aromatic carbocycles. The van der Waals surface area contributed by atoms with Crippen LogP contribution in [0.5, 0.6) is 0 Å². The lowest BCUT2D eigenvalue weighted by molar-refractivity contribution is -0.137. The van der Waals surface area contributed by atoms with Gasteiger partial charge >= 0.3 is 12.0 Å². The fraction of sp³-hybridized carbons (Fsp3) is 0.385. The van der Waals surface area contributed by atoms with Gasteiger partial charge in [0, 0.05) is 27.2 Å². The largest absolute Gasteiger partial charge is 0.481 e. The van der Waals surface area contributed by atoms with Crippen molar-refractivity contribution >= 4 is 12.0 Å². The summed E-state index contributed by atoms with van der Waals surface area (Å²) in [5.74, 6) is -1.30. The van der Waals surface area contributed by atoms with Gasteiger partial charge in [0.05, 0.1) is 6.42 Å².